The van der Waals surface area contributed by atoms with Crippen molar-refractivity contribution in [3.8, 4) is 0 Å². The van der Waals surface area contributed by atoms with Crippen molar-refractivity contribution in [2.75, 3.05) is 12.3 Å². The maximum atomic E-state index is 12.3. The first-order valence-corrected chi connectivity index (χ1v) is 7.72. The number of nitrogens with zero attached hydrogens (tertiary/aromatic N) is 1. The summed E-state index contributed by atoms with van der Waals surface area (Å²) in [5.74, 6) is -1.33. The standard InChI is InChI=1S/C12H19NO4S/c1-7-8(2)18(17)6-5-13(7)11(14)9-3-4-10(9)12(15)16/h7-10H,3-6H2,1-2H3,(H,15,16). The van der Waals surface area contributed by atoms with Crippen molar-refractivity contribution < 1.29 is 18.9 Å². The minimum absolute atomic E-state index is 0.0361. The highest BCUT2D eigenvalue weighted by atomic mass is 32.2. The Bertz CT molecular complexity index is 398. The van der Waals surface area contributed by atoms with Crippen LogP contribution in [0.3, 0.4) is 0 Å². The van der Waals surface area contributed by atoms with Gasteiger partial charge < -0.3 is 10.0 Å². The van der Waals surface area contributed by atoms with E-state index in [1.165, 1.54) is 0 Å². The molecule has 2 fully saturated rings. The van der Waals surface area contributed by atoms with Crippen LogP contribution in [0.1, 0.15) is 26.7 Å². The fourth-order valence-corrected chi connectivity index (χ4v) is 4.00. The van der Waals surface area contributed by atoms with Crippen LogP contribution in [0.5, 0.6) is 0 Å². The van der Waals surface area contributed by atoms with Crippen LogP contribution in [0.4, 0.5) is 0 Å². The summed E-state index contributed by atoms with van der Waals surface area (Å²) >= 11 is 0. The lowest BCUT2D eigenvalue weighted by Crippen LogP contribution is -2.56. The van der Waals surface area contributed by atoms with Gasteiger partial charge in [0.2, 0.25) is 5.91 Å². The molecule has 5 nitrogen and oxygen atoms in total. The minimum Gasteiger partial charge on any atom is -0.481 e. The molecule has 0 aromatic heterocycles. The maximum absolute atomic E-state index is 12.3. The van der Waals surface area contributed by atoms with E-state index < -0.39 is 22.7 Å². The van der Waals surface area contributed by atoms with Gasteiger partial charge in [-0.25, -0.2) is 0 Å². The lowest BCUT2D eigenvalue weighted by molar-refractivity contribution is -0.157. The SMILES string of the molecule is CC1C(C)S(=O)CCN1C(=O)C1CCC1C(=O)O. The second-order valence-corrected chi connectivity index (χ2v) is 7.10. The third-order valence-corrected chi connectivity index (χ3v) is 6.12. The molecule has 1 heterocycles. The van der Waals surface area contributed by atoms with Gasteiger partial charge in [0.25, 0.3) is 0 Å². The highest BCUT2D eigenvalue weighted by molar-refractivity contribution is 7.85. The quantitative estimate of drug-likeness (QED) is 0.793. The molecular formula is C12H19NO4S. The third-order valence-electron chi connectivity index (χ3n) is 4.31. The Morgan fingerprint density at radius 2 is 1.83 bits per heavy atom. The van der Waals surface area contributed by atoms with Crippen LogP contribution in [0, 0.1) is 11.8 Å². The van der Waals surface area contributed by atoms with Crippen molar-refractivity contribution in [2.24, 2.45) is 11.8 Å². The van der Waals surface area contributed by atoms with Crippen LogP contribution in [-0.4, -0.2) is 49.7 Å². The van der Waals surface area contributed by atoms with Crippen molar-refractivity contribution in [3.05, 3.63) is 0 Å². The van der Waals surface area contributed by atoms with Crippen LogP contribution in [0.25, 0.3) is 0 Å². The molecular weight excluding hydrogens is 254 g/mol. The van der Waals surface area contributed by atoms with E-state index in [0.717, 1.165) is 0 Å². The van der Waals surface area contributed by atoms with Gasteiger partial charge in [-0.05, 0) is 26.7 Å². The van der Waals surface area contributed by atoms with Crippen LogP contribution in [0.15, 0.2) is 0 Å². The first-order valence-electron chi connectivity index (χ1n) is 6.34. The smallest absolute Gasteiger partial charge is 0.307 e. The molecule has 0 bridgehead atoms. The number of carbonyl (C=O) groups is 2. The molecule has 2 rings (SSSR count). The monoisotopic (exact) mass is 273 g/mol. The zero-order chi connectivity index (χ0) is 13.4. The number of hydrogen-bond donors (Lipinski definition) is 1. The molecule has 1 N–H and O–H groups in total. The molecule has 1 aliphatic heterocycles. The van der Waals surface area contributed by atoms with Gasteiger partial charge in [-0.2, -0.15) is 0 Å². The maximum Gasteiger partial charge on any atom is 0.307 e. The normalized spacial score (nSPS) is 40.1. The number of carboxylic acids is 1. The topological polar surface area (TPSA) is 74.7 Å². The Hall–Kier alpha value is -0.910. The van der Waals surface area contributed by atoms with Crippen LogP contribution in [-0.2, 0) is 20.4 Å². The minimum atomic E-state index is -0.877. The van der Waals surface area contributed by atoms with Gasteiger partial charge in [0.1, 0.15) is 0 Å². The molecule has 102 valence electrons. The largest absolute Gasteiger partial charge is 0.481 e. The summed E-state index contributed by atoms with van der Waals surface area (Å²) in [7, 11) is -0.877. The zero-order valence-corrected chi connectivity index (χ0v) is 11.5. The number of carbonyl (C=O) groups excluding carboxylic acids is 1. The number of amides is 1. The molecule has 1 saturated heterocycles. The van der Waals surface area contributed by atoms with E-state index in [9.17, 15) is 13.8 Å². The number of hydrogen-bond acceptors (Lipinski definition) is 3. The highest BCUT2D eigenvalue weighted by Gasteiger charge is 2.45. The fourth-order valence-electron chi connectivity index (χ4n) is 2.67. The van der Waals surface area contributed by atoms with Crippen molar-refractivity contribution in [1.29, 1.82) is 0 Å². The summed E-state index contributed by atoms with van der Waals surface area (Å²) in [5, 5.41) is 8.96. The Balaban J connectivity index is 2.05. The summed E-state index contributed by atoms with van der Waals surface area (Å²) in [6.45, 7) is 4.27. The molecule has 0 spiro atoms. The van der Waals surface area contributed by atoms with E-state index in [4.69, 9.17) is 5.11 Å². The van der Waals surface area contributed by atoms with E-state index >= 15 is 0 Å². The Morgan fingerprint density at radius 3 is 2.33 bits per heavy atom. The van der Waals surface area contributed by atoms with E-state index in [1.807, 2.05) is 13.8 Å². The van der Waals surface area contributed by atoms with Crippen LogP contribution < -0.4 is 0 Å². The van der Waals surface area contributed by atoms with Gasteiger partial charge >= 0.3 is 5.97 Å². The number of aliphatic carboxylic acids is 1. The first-order chi connectivity index (χ1) is 8.43. The number of carboxylic acid groups (broad SMARTS) is 1. The number of rotatable bonds is 2. The van der Waals surface area contributed by atoms with E-state index in [1.54, 1.807) is 4.90 Å². The molecule has 5 atom stereocenters. The molecule has 6 heteroatoms. The van der Waals surface area contributed by atoms with E-state index in [-0.39, 0.29) is 23.1 Å². The highest BCUT2D eigenvalue weighted by Crippen LogP contribution is 2.37. The molecule has 1 saturated carbocycles. The first kappa shape index (κ1) is 13.5. The van der Waals surface area contributed by atoms with Gasteiger partial charge in [0, 0.05) is 29.1 Å². The molecule has 2 aliphatic rings. The molecule has 0 radical (unpaired) electrons. The molecule has 1 aliphatic carbocycles. The van der Waals surface area contributed by atoms with Gasteiger partial charge in [-0.1, -0.05) is 0 Å². The van der Waals surface area contributed by atoms with Crippen molar-refractivity contribution in [1.82, 2.24) is 4.90 Å². The molecule has 1 amide bonds. The Kier molecular flexibility index (Phi) is 3.75. The lowest BCUT2D eigenvalue weighted by atomic mass is 9.72. The third kappa shape index (κ3) is 2.18. The molecule has 5 unspecified atom stereocenters. The summed E-state index contributed by atoms with van der Waals surface area (Å²) in [6, 6.07) is -0.0675. The fraction of sp³-hybridized carbons (Fsp3) is 0.833. The van der Waals surface area contributed by atoms with Gasteiger partial charge in [-0.15, -0.1) is 0 Å². The van der Waals surface area contributed by atoms with Gasteiger partial charge in [0.15, 0.2) is 0 Å². The second-order valence-electron chi connectivity index (χ2n) is 5.19. The average molecular weight is 273 g/mol. The lowest BCUT2D eigenvalue weighted by Gasteiger charge is -2.42. The predicted octanol–water partition coefficient (Wildman–Crippen LogP) is 0.465. The predicted molar refractivity (Wildman–Crippen MR) is 67.5 cm³/mol. The molecule has 0 aromatic carbocycles. The average Bonchev–Trinajstić information content (AvgIpc) is 2.23. The zero-order valence-electron chi connectivity index (χ0n) is 10.7. The van der Waals surface area contributed by atoms with Crippen LogP contribution >= 0.6 is 0 Å². The van der Waals surface area contributed by atoms with Crippen LogP contribution in [0.2, 0.25) is 0 Å². The molecule has 18 heavy (non-hydrogen) atoms. The Morgan fingerprint density at radius 1 is 1.22 bits per heavy atom. The van der Waals surface area contributed by atoms with Crippen molar-refractivity contribution in [3.63, 3.8) is 0 Å². The summed E-state index contributed by atoms with van der Waals surface area (Å²) in [6.07, 6.45) is 1.26. The second kappa shape index (κ2) is 4.99. The van der Waals surface area contributed by atoms with Crippen molar-refractivity contribution in [2.45, 2.75) is 38.0 Å². The van der Waals surface area contributed by atoms with Crippen molar-refractivity contribution >= 4 is 22.7 Å². The van der Waals surface area contributed by atoms with Gasteiger partial charge in [-0.3, -0.25) is 13.8 Å². The van der Waals surface area contributed by atoms with E-state index in [2.05, 4.69) is 0 Å². The van der Waals surface area contributed by atoms with E-state index in [0.29, 0.717) is 25.1 Å². The van der Waals surface area contributed by atoms with Gasteiger partial charge in [0.05, 0.1) is 17.1 Å². The molecule has 0 aromatic rings. The Labute approximate surface area is 109 Å². The summed E-state index contributed by atoms with van der Waals surface area (Å²) < 4.78 is 11.7. The summed E-state index contributed by atoms with van der Waals surface area (Å²) in [5.41, 5.74) is 0. The summed E-state index contributed by atoms with van der Waals surface area (Å²) in [4.78, 5) is 25.0.